The number of nitrogens with zero attached hydrogens (tertiary/aromatic N) is 6. The minimum Gasteiger partial charge on any atom is -0.390 e. The van der Waals surface area contributed by atoms with E-state index in [1.807, 2.05) is 12.1 Å². The molecule has 0 bridgehead atoms. The minimum atomic E-state index is -4.58. The molecule has 2 aromatic heterocycles. The van der Waals surface area contributed by atoms with Crippen LogP contribution in [0, 0.1) is 0 Å². The molecule has 3 aliphatic heterocycles. The zero-order valence-corrected chi connectivity index (χ0v) is 29.7. The van der Waals surface area contributed by atoms with E-state index in [1.54, 1.807) is 16.9 Å². The summed E-state index contributed by atoms with van der Waals surface area (Å²) in [5, 5.41) is 27.2. The van der Waals surface area contributed by atoms with E-state index in [0.29, 0.717) is 99.6 Å². The highest BCUT2D eigenvalue weighted by molar-refractivity contribution is 7.99. The topological polar surface area (TPSA) is 115 Å². The Morgan fingerprint density at radius 3 is 2.44 bits per heavy atom. The van der Waals surface area contributed by atoms with Crippen molar-refractivity contribution in [3.8, 4) is 11.3 Å². The highest BCUT2D eigenvalue weighted by atomic mass is 32.2. The third-order valence-electron chi connectivity index (χ3n) is 9.99. The van der Waals surface area contributed by atoms with Crippen LogP contribution in [0.15, 0.2) is 47.5 Å². The van der Waals surface area contributed by atoms with E-state index in [2.05, 4.69) is 14.8 Å². The number of hydrogen-bond donors (Lipinski definition) is 2. The van der Waals surface area contributed by atoms with Gasteiger partial charge in [-0.3, -0.25) is 9.67 Å². The highest BCUT2D eigenvalue weighted by Gasteiger charge is 2.37. The lowest BCUT2D eigenvalue weighted by molar-refractivity contribution is -0.139. The number of rotatable bonds is 11. The van der Waals surface area contributed by atoms with Gasteiger partial charge >= 0.3 is 6.18 Å². The second kappa shape index (κ2) is 15.2. The summed E-state index contributed by atoms with van der Waals surface area (Å²) in [6.45, 7) is 3.46. The van der Waals surface area contributed by atoms with E-state index in [9.17, 15) is 36.2 Å². The monoisotopic (exact) mass is 740 g/mol. The number of benzene rings is 1. The zero-order valence-electron chi connectivity index (χ0n) is 28.0. The summed E-state index contributed by atoms with van der Waals surface area (Å²) in [5.41, 5.74) is 1.01. The molecule has 3 aliphatic rings. The maximum Gasteiger partial charge on any atom is 0.417 e. The number of aliphatic hydroxyl groups is 2. The lowest BCUT2D eigenvalue weighted by Gasteiger charge is -2.38. The molecule has 16 heteroatoms. The molecule has 0 radical (unpaired) electrons. The van der Waals surface area contributed by atoms with E-state index < -0.39 is 39.6 Å². The number of pyridine rings is 1. The maximum atomic E-state index is 14.1. The first-order valence-corrected chi connectivity index (χ1v) is 19.8. The van der Waals surface area contributed by atoms with Gasteiger partial charge in [-0.2, -0.15) is 22.6 Å². The Morgan fingerprint density at radius 2 is 1.78 bits per heavy atom. The molecule has 0 amide bonds. The number of aliphatic hydroxyl groups excluding tert-OH is 1. The average Bonchev–Trinajstić information content (AvgIpc) is 3.43. The fourth-order valence-corrected chi connectivity index (χ4v) is 9.03. The predicted molar refractivity (Wildman–Crippen MR) is 183 cm³/mol. The molecule has 1 aromatic carbocycles. The van der Waals surface area contributed by atoms with Gasteiger partial charge in [0, 0.05) is 92.4 Å². The first-order chi connectivity index (χ1) is 23.7. The van der Waals surface area contributed by atoms with Crippen LogP contribution in [0.2, 0.25) is 0 Å². The standard InChI is InChI=1S/C34H44F4N6O4S2/c1-50(47,48)43-15-9-29-27(23-43)32(24-5-6-28(34(36,37)38)30(20-24)49-19-18-41-13-7-25(35)8-14-41)40-44(29)22-26(45)21-42-16-10-33(46,11-17-42)31-4-2-3-12-39-31/h2-6,12,20,25-26,45-46H,7-11,13-19,21-23H2,1H3. The minimum absolute atomic E-state index is 0.0197. The summed E-state index contributed by atoms with van der Waals surface area (Å²) < 4.78 is 84.0. The van der Waals surface area contributed by atoms with E-state index in [1.165, 1.54) is 16.4 Å². The maximum absolute atomic E-state index is 14.1. The van der Waals surface area contributed by atoms with Crippen LogP contribution in [0.4, 0.5) is 17.6 Å². The Labute approximate surface area is 294 Å². The van der Waals surface area contributed by atoms with Crippen molar-refractivity contribution >= 4 is 21.8 Å². The third-order valence-corrected chi connectivity index (χ3v) is 12.3. The Hall–Kier alpha value is -2.60. The van der Waals surface area contributed by atoms with Gasteiger partial charge in [0.1, 0.15) is 11.8 Å². The van der Waals surface area contributed by atoms with Crippen LogP contribution in [0.25, 0.3) is 11.3 Å². The molecule has 2 N–H and O–H groups in total. The number of β-amino-alcohol motifs (C(OH)–C–C–N with tert-alkyl or cyclic N) is 1. The van der Waals surface area contributed by atoms with Crippen molar-refractivity contribution in [3.63, 3.8) is 0 Å². The van der Waals surface area contributed by atoms with Gasteiger partial charge < -0.3 is 20.0 Å². The van der Waals surface area contributed by atoms with Crippen LogP contribution in [0.3, 0.4) is 0 Å². The highest BCUT2D eigenvalue weighted by Crippen LogP contribution is 2.40. The van der Waals surface area contributed by atoms with Gasteiger partial charge in [-0.25, -0.2) is 12.8 Å². The fourth-order valence-electron chi connectivity index (χ4n) is 7.12. The number of aromatic nitrogens is 3. The number of piperidine rings is 2. The molecule has 274 valence electrons. The first kappa shape index (κ1) is 37.2. The Balaban J connectivity index is 1.21. The number of thioether (sulfide) groups is 1. The summed E-state index contributed by atoms with van der Waals surface area (Å²) in [6.07, 6.45) is -1.36. The van der Waals surface area contributed by atoms with E-state index in [4.69, 9.17) is 5.10 Å². The van der Waals surface area contributed by atoms with Crippen molar-refractivity contribution in [1.29, 1.82) is 0 Å². The van der Waals surface area contributed by atoms with Crippen molar-refractivity contribution in [2.24, 2.45) is 0 Å². The number of alkyl halides is 4. The Morgan fingerprint density at radius 1 is 1.04 bits per heavy atom. The van der Waals surface area contributed by atoms with Crippen LogP contribution < -0.4 is 0 Å². The molecule has 0 saturated carbocycles. The summed E-state index contributed by atoms with van der Waals surface area (Å²) >= 11 is 1.09. The molecule has 2 fully saturated rings. The largest absolute Gasteiger partial charge is 0.417 e. The van der Waals surface area contributed by atoms with E-state index in [0.717, 1.165) is 29.8 Å². The summed E-state index contributed by atoms with van der Waals surface area (Å²) in [7, 11) is -3.56. The molecule has 6 rings (SSSR count). The first-order valence-electron chi connectivity index (χ1n) is 17.0. The smallest absolute Gasteiger partial charge is 0.390 e. The Bertz CT molecular complexity index is 1730. The predicted octanol–water partition coefficient (Wildman–Crippen LogP) is 4.15. The molecular weight excluding hydrogens is 697 g/mol. The molecule has 50 heavy (non-hydrogen) atoms. The number of likely N-dealkylation sites (tertiary alicyclic amines) is 2. The number of sulfonamides is 1. The molecular formula is C34H44F4N6O4S2. The molecule has 1 atom stereocenters. The molecule has 5 heterocycles. The van der Waals surface area contributed by atoms with Crippen molar-refractivity contribution in [2.45, 2.75) is 74.1 Å². The van der Waals surface area contributed by atoms with Gasteiger partial charge in [0.2, 0.25) is 10.0 Å². The van der Waals surface area contributed by atoms with Crippen LogP contribution in [0.5, 0.6) is 0 Å². The quantitative estimate of drug-likeness (QED) is 0.221. The fraction of sp³-hybridized carbons (Fsp3) is 0.588. The lowest BCUT2D eigenvalue weighted by Crippen LogP contribution is -2.46. The summed E-state index contributed by atoms with van der Waals surface area (Å²) in [6, 6.07) is 9.35. The van der Waals surface area contributed by atoms with Gasteiger partial charge in [-0.15, -0.1) is 11.8 Å². The van der Waals surface area contributed by atoms with Crippen LogP contribution in [-0.4, -0.2) is 118 Å². The van der Waals surface area contributed by atoms with Crippen molar-refractivity contribution < 1.29 is 36.2 Å². The van der Waals surface area contributed by atoms with E-state index in [-0.39, 0.29) is 24.5 Å². The zero-order chi connectivity index (χ0) is 35.7. The molecule has 3 aromatic rings. The normalized spacial score (nSPS) is 20.5. The van der Waals surface area contributed by atoms with Gasteiger partial charge in [0.25, 0.3) is 0 Å². The van der Waals surface area contributed by atoms with E-state index >= 15 is 0 Å². The number of hydrogen-bond acceptors (Lipinski definition) is 9. The SMILES string of the molecule is CS(=O)(=O)N1CCc2c(c(-c3ccc(C(F)(F)F)c(SCCN4CCC(F)CC4)c3)nn2CC(O)CN2CCC(O)(c3ccccn3)CC2)C1. The van der Waals surface area contributed by atoms with Crippen molar-refractivity contribution in [3.05, 3.63) is 65.1 Å². The molecule has 10 nitrogen and oxygen atoms in total. The van der Waals surface area contributed by atoms with Gasteiger partial charge in [-0.1, -0.05) is 12.1 Å². The van der Waals surface area contributed by atoms with Crippen LogP contribution >= 0.6 is 11.8 Å². The molecule has 0 aliphatic carbocycles. The van der Waals surface area contributed by atoms with Crippen LogP contribution in [-0.2, 0) is 41.3 Å². The van der Waals surface area contributed by atoms with Gasteiger partial charge in [0.05, 0.1) is 35.9 Å². The van der Waals surface area contributed by atoms with Gasteiger partial charge in [-0.05, 0) is 49.9 Å². The van der Waals surface area contributed by atoms with Crippen molar-refractivity contribution in [2.75, 3.05) is 57.8 Å². The molecule has 1 unspecified atom stereocenters. The van der Waals surface area contributed by atoms with Crippen molar-refractivity contribution in [1.82, 2.24) is 28.9 Å². The molecule has 2 saturated heterocycles. The number of halogens is 4. The van der Waals surface area contributed by atoms with Crippen LogP contribution in [0.1, 0.15) is 48.2 Å². The second-order valence-corrected chi connectivity index (χ2v) is 16.7. The third kappa shape index (κ3) is 8.70. The summed E-state index contributed by atoms with van der Waals surface area (Å²) in [4.78, 5) is 8.50. The second-order valence-electron chi connectivity index (χ2n) is 13.6. The lowest BCUT2D eigenvalue weighted by atomic mass is 9.87. The average molecular weight is 741 g/mol. The molecule has 0 spiro atoms. The number of fused-ring (bicyclic) bond motifs is 1. The van der Waals surface area contributed by atoms with Gasteiger partial charge in [0.15, 0.2) is 0 Å². The Kier molecular flexibility index (Phi) is 11.3. The summed E-state index contributed by atoms with van der Waals surface area (Å²) in [5.74, 6) is 0.389.